The van der Waals surface area contributed by atoms with Gasteiger partial charge in [0.1, 0.15) is 0 Å². The Morgan fingerprint density at radius 1 is 1.37 bits per heavy atom. The SMILES string of the molecule is CCCNC(c1cccc(Cl)c1)C1SCCSC1C. The molecule has 106 valence electrons. The van der Waals surface area contributed by atoms with Crippen molar-refractivity contribution in [3.8, 4) is 0 Å². The summed E-state index contributed by atoms with van der Waals surface area (Å²) in [6.07, 6.45) is 1.16. The molecule has 1 aliphatic heterocycles. The van der Waals surface area contributed by atoms with Gasteiger partial charge in [-0.15, -0.1) is 0 Å². The van der Waals surface area contributed by atoms with Gasteiger partial charge in [0, 0.05) is 33.1 Å². The highest BCUT2D eigenvalue weighted by molar-refractivity contribution is 8.07. The first-order valence-corrected chi connectivity index (χ1v) is 9.42. The largest absolute Gasteiger partial charge is 0.309 e. The summed E-state index contributed by atoms with van der Waals surface area (Å²) in [6.45, 7) is 5.63. The number of nitrogens with one attached hydrogen (secondary N) is 1. The number of rotatable bonds is 5. The molecule has 0 aliphatic carbocycles. The van der Waals surface area contributed by atoms with Crippen molar-refractivity contribution in [3.05, 3.63) is 34.9 Å². The van der Waals surface area contributed by atoms with Crippen molar-refractivity contribution in [2.45, 2.75) is 36.8 Å². The number of thioether (sulfide) groups is 2. The van der Waals surface area contributed by atoms with Gasteiger partial charge in [0.25, 0.3) is 0 Å². The molecule has 1 aliphatic rings. The molecule has 3 unspecified atom stereocenters. The van der Waals surface area contributed by atoms with Crippen LogP contribution in [0, 0.1) is 0 Å². The second-order valence-electron chi connectivity index (χ2n) is 4.90. The van der Waals surface area contributed by atoms with Gasteiger partial charge in [0.05, 0.1) is 0 Å². The maximum atomic E-state index is 6.16. The third-order valence-corrected chi connectivity index (χ3v) is 6.82. The van der Waals surface area contributed by atoms with Gasteiger partial charge >= 0.3 is 0 Å². The molecule has 4 heteroatoms. The van der Waals surface area contributed by atoms with Gasteiger partial charge in [0.15, 0.2) is 0 Å². The van der Waals surface area contributed by atoms with Gasteiger partial charge in [-0.25, -0.2) is 0 Å². The van der Waals surface area contributed by atoms with Crippen LogP contribution in [-0.2, 0) is 0 Å². The van der Waals surface area contributed by atoms with Crippen LogP contribution in [0.1, 0.15) is 31.9 Å². The summed E-state index contributed by atoms with van der Waals surface area (Å²) in [6, 6.07) is 8.73. The van der Waals surface area contributed by atoms with Crippen molar-refractivity contribution >= 4 is 35.1 Å². The topological polar surface area (TPSA) is 12.0 Å². The monoisotopic (exact) mass is 315 g/mol. The smallest absolute Gasteiger partial charge is 0.0451 e. The van der Waals surface area contributed by atoms with E-state index in [2.05, 4.69) is 60.9 Å². The van der Waals surface area contributed by atoms with E-state index in [-0.39, 0.29) is 0 Å². The average Bonchev–Trinajstić information content (AvgIpc) is 2.41. The third kappa shape index (κ3) is 4.32. The molecule has 0 aromatic heterocycles. The van der Waals surface area contributed by atoms with E-state index in [0.29, 0.717) is 16.5 Å². The molecule has 1 aromatic carbocycles. The first kappa shape index (κ1) is 15.6. The fourth-order valence-electron chi connectivity index (χ4n) is 2.44. The summed E-state index contributed by atoms with van der Waals surface area (Å²) in [5, 5.41) is 5.87. The van der Waals surface area contributed by atoms with E-state index in [0.717, 1.165) is 18.0 Å². The zero-order valence-corrected chi connectivity index (χ0v) is 14.0. The van der Waals surface area contributed by atoms with E-state index in [1.54, 1.807) is 0 Å². The average molecular weight is 316 g/mol. The van der Waals surface area contributed by atoms with Crippen molar-refractivity contribution < 1.29 is 0 Å². The van der Waals surface area contributed by atoms with Crippen LogP contribution in [0.15, 0.2) is 24.3 Å². The van der Waals surface area contributed by atoms with E-state index in [4.69, 9.17) is 11.6 Å². The Morgan fingerprint density at radius 2 is 2.16 bits per heavy atom. The summed E-state index contributed by atoms with van der Waals surface area (Å²) in [5.41, 5.74) is 1.33. The van der Waals surface area contributed by atoms with Crippen LogP contribution in [0.25, 0.3) is 0 Å². The first-order chi connectivity index (χ1) is 9.22. The van der Waals surface area contributed by atoms with Crippen molar-refractivity contribution in [3.63, 3.8) is 0 Å². The summed E-state index contributed by atoms with van der Waals surface area (Å²) in [7, 11) is 0. The standard InChI is InChI=1S/C15H22ClNS2/c1-3-7-17-14(12-5-4-6-13(16)10-12)15-11(2)18-8-9-19-15/h4-6,10-11,14-15,17H,3,7-9H2,1-2H3. The maximum absolute atomic E-state index is 6.16. The Bertz CT molecular complexity index is 399. The molecule has 0 amide bonds. The zero-order valence-electron chi connectivity index (χ0n) is 11.6. The van der Waals surface area contributed by atoms with Crippen LogP contribution in [-0.4, -0.2) is 28.6 Å². The molecule has 1 aromatic rings. The van der Waals surface area contributed by atoms with Crippen molar-refractivity contribution in [2.75, 3.05) is 18.1 Å². The molecule has 1 fully saturated rings. The van der Waals surface area contributed by atoms with E-state index >= 15 is 0 Å². The molecular weight excluding hydrogens is 294 g/mol. The number of hydrogen-bond donors (Lipinski definition) is 1. The Kier molecular flexibility index (Phi) is 6.40. The Morgan fingerprint density at radius 3 is 2.84 bits per heavy atom. The molecule has 0 spiro atoms. The van der Waals surface area contributed by atoms with E-state index in [1.807, 2.05) is 6.07 Å². The first-order valence-electron chi connectivity index (χ1n) is 6.94. The minimum Gasteiger partial charge on any atom is -0.309 e. The van der Waals surface area contributed by atoms with E-state index < -0.39 is 0 Å². The lowest BCUT2D eigenvalue weighted by Gasteiger charge is -2.35. The Hall–Kier alpha value is 0.170. The van der Waals surface area contributed by atoms with Crippen LogP contribution in [0.3, 0.4) is 0 Å². The molecule has 1 nitrogen and oxygen atoms in total. The summed E-state index contributed by atoms with van der Waals surface area (Å²) >= 11 is 10.4. The van der Waals surface area contributed by atoms with Crippen LogP contribution >= 0.6 is 35.1 Å². The van der Waals surface area contributed by atoms with Crippen molar-refractivity contribution in [2.24, 2.45) is 0 Å². The predicted octanol–water partition coefficient (Wildman–Crippen LogP) is 4.62. The van der Waals surface area contributed by atoms with Crippen molar-refractivity contribution in [1.29, 1.82) is 0 Å². The second-order valence-corrected chi connectivity index (χ2v) is 8.11. The summed E-state index contributed by atoms with van der Waals surface area (Å²) in [5.74, 6) is 2.53. The Balaban J connectivity index is 2.19. The van der Waals surface area contributed by atoms with Gasteiger partial charge in [0.2, 0.25) is 0 Å². The van der Waals surface area contributed by atoms with E-state index in [9.17, 15) is 0 Å². The molecule has 0 saturated carbocycles. The van der Waals surface area contributed by atoms with Crippen LogP contribution in [0.2, 0.25) is 5.02 Å². The van der Waals surface area contributed by atoms with Gasteiger partial charge in [-0.05, 0) is 30.7 Å². The highest BCUT2D eigenvalue weighted by Gasteiger charge is 2.31. The predicted molar refractivity (Wildman–Crippen MR) is 90.7 cm³/mol. The quantitative estimate of drug-likeness (QED) is 0.851. The minimum absolute atomic E-state index is 0.409. The van der Waals surface area contributed by atoms with Gasteiger partial charge < -0.3 is 5.32 Å². The van der Waals surface area contributed by atoms with E-state index in [1.165, 1.54) is 17.1 Å². The number of halogens is 1. The second kappa shape index (κ2) is 7.82. The molecule has 0 radical (unpaired) electrons. The van der Waals surface area contributed by atoms with Gasteiger partial charge in [-0.3, -0.25) is 0 Å². The molecule has 2 rings (SSSR count). The fourth-order valence-corrected chi connectivity index (χ4v) is 5.59. The normalized spacial score (nSPS) is 25.2. The van der Waals surface area contributed by atoms with Crippen LogP contribution in [0.5, 0.6) is 0 Å². The molecular formula is C15H22ClNS2. The maximum Gasteiger partial charge on any atom is 0.0451 e. The van der Waals surface area contributed by atoms with Crippen LogP contribution < -0.4 is 5.32 Å². The highest BCUT2D eigenvalue weighted by atomic mass is 35.5. The fraction of sp³-hybridized carbons (Fsp3) is 0.600. The van der Waals surface area contributed by atoms with Gasteiger partial charge in [-0.1, -0.05) is 37.6 Å². The number of hydrogen-bond acceptors (Lipinski definition) is 3. The molecule has 3 atom stereocenters. The molecule has 1 heterocycles. The highest BCUT2D eigenvalue weighted by Crippen LogP contribution is 2.39. The summed E-state index contributed by atoms with van der Waals surface area (Å²) < 4.78 is 0. The third-order valence-electron chi connectivity index (χ3n) is 3.39. The molecule has 1 saturated heterocycles. The lowest BCUT2D eigenvalue weighted by Crippen LogP contribution is -2.38. The minimum atomic E-state index is 0.409. The molecule has 1 N–H and O–H groups in total. The molecule has 19 heavy (non-hydrogen) atoms. The molecule has 0 bridgehead atoms. The zero-order chi connectivity index (χ0) is 13.7. The lowest BCUT2D eigenvalue weighted by atomic mass is 10.0. The lowest BCUT2D eigenvalue weighted by molar-refractivity contribution is 0.509. The number of benzene rings is 1. The van der Waals surface area contributed by atoms with Crippen LogP contribution in [0.4, 0.5) is 0 Å². The Labute approximate surface area is 130 Å². The van der Waals surface area contributed by atoms with Gasteiger partial charge in [-0.2, -0.15) is 23.5 Å². The van der Waals surface area contributed by atoms with Crippen molar-refractivity contribution in [1.82, 2.24) is 5.32 Å². The summed E-state index contributed by atoms with van der Waals surface area (Å²) in [4.78, 5) is 0.